The Hall–Kier alpha value is -1.14. The first kappa shape index (κ1) is 17.9. The van der Waals surface area contributed by atoms with Crippen LogP contribution in [0.3, 0.4) is 0 Å². The van der Waals surface area contributed by atoms with Gasteiger partial charge in [-0.05, 0) is 30.5 Å². The van der Waals surface area contributed by atoms with Gasteiger partial charge < -0.3 is 10.1 Å². The SMILES string of the molecule is C=Cc1cc(CC(CCC(F)(F)F)NCS)ccc1OC. The number of benzene rings is 1. The molecule has 1 atom stereocenters. The molecule has 1 aromatic carbocycles. The third-order valence-corrected chi connectivity index (χ3v) is 3.33. The fourth-order valence-electron chi connectivity index (χ4n) is 2.10. The van der Waals surface area contributed by atoms with Crippen LogP contribution in [0.4, 0.5) is 13.2 Å². The summed E-state index contributed by atoms with van der Waals surface area (Å²) in [7, 11) is 1.57. The normalized spacial score (nSPS) is 13.0. The molecule has 1 aromatic rings. The van der Waals surface area contributed by atoms with E-state index >= 15 is 0 Å². The standard InChI is InChI=1S/C15H20F3NOS/c1-3-12-8-11(4-5-14(12)20-2)9-13(19-10-21)6-7-15(16,17)18/h3-5,8,13,19,21H,1,6-7,9-10H2,2H3. The van der Waals surface area contributed by atoms with Crippen LogP contribution in [0.1, 0.15) is 24.0 Å². The minimum Gasteiger partial charge on any atom is -0.496 e. The largest absolute Gasteiger partial charge is 0.496 e. The minimum absolute atomic E-state index is 0.0273. The molecule has 21 heavy (non-hydrogen) atoms. The Balaban J connectivity index is 2.76. The highest BCUT2D eigenvalue weighted by Crippen LogP contribution is 2.25. The van der Waals surface area contributed by atoms with Gasteiger partial charge in [-0.25, -0.2) is 0 Å². The molecule has 0 spiro atoms. The molecule has 1 unspecified atom stereocenters. The first-order valence-corrected chi connectivity index (χ1v) is 7.23. The monoisotopic (exact) mass is 319 g/mol. The molecule has 118 valence electrons. The number of methoxy groups -OCH3 is 1. The van der Waals surface area contributed by atoms with Gasteiger partial charge >= 0.3 is 6.18 Å². The van der Waals surface area contributed by atoms with Crippen LogP contribution in [-0.4, -0.2) is 25.2 Å². The molecule has 0 aromatic heterocycles. The lowest BCUT2D eigenvalue weighted by molar-refractivity contribution is -0.136. The summed E-state index contributed by atoms with van der Waals surface area (Å²) < 4.78 is 42.2. The molecule has 2 nitrogen and oxygen atoms in total. The second-order valence-electron chi connectivity index (χ2n) is 4.70. The average Bonchev–Trinajstić information content (AvgIpc) is 2.44. The van der Waals surface area contributed by atoms with Gasteiger partial charge in [0.25, 0.3) is 0 Å². The molecular formula is C15H20F3NOS. The van der Waals surface area contributed by atoms with E-state index in [2.05, 4.69) is 24.5 Å². The smallest absolute Gasteiger partial charge is 0.389 e. The number of rotatable bonds is 8. The van der Waals surface area contributed by atoms with E-state index in [4.69, 9.17) is 4.74 Å². The van der Waals surface area contributed by atoms with Crippen LogP contribution in [0.5, 0.6) is 5.75 Å². The Morgan fingerprint density at radius 2 is 2.14 bits per heavy atom. The molecule has 0 fully saturated rings. The fourth-order valence-corrected chi connectivity index (χ4v) is 2.36. The van der Waals surface area contributed by atoms with Gasteiger partial charge in [0, 0.05) is 23.9 Å². The maximum atomic E-state index is 12.3. The van der Waals surface area contributed by atoms with Crippen molar-refractivity contribution in [1.82, 2.24) is 5.32 Å². The van der Waals surface area contributed by atoms with Crippen molar-refractivity contribution < 1.29 is 17.9 Å². The predicted octanol–water partition coefficient (Wildman–Crippen LogP) is 4.07. The highest BCUT2D eigenvalue weighted by molar-refractivity contribution is 7.80. The molecule has 0 saturated carbocycles. The van der Waals surface area contributed by atoms with Crippen LogP contribution in [0.15, 0.2) is 24.8 Å². The first-order chi connectivity index (χ1) is 9.89. The second kappa shape index (κ2) is 8.34. The Morgan fingerprint density at radius 1 is 1.43 bits per heavy atom. The van der Waals surface area contributed by atoms with E-state index in [0.29, 0.717) is 18.0 Å². The topological polar surface area (TPSA) is 21.3 Å². The summed E-state index contributed by atoms with van der Waals surface area (Å²) in [6.07, 6.45) is -2.74. The molecule has 1 N–H and O–H groups in total. The Bertz CT molecular complexity index is 463. The third-order valence-electron chi connectivity index (χ3n) is 3.15. The summed E-state index contributed by atoms with van der Waals surface area (Å²) in [6, 6.07) is 5.27. The zero-order valence-electron chi connectivity index (χ0n) is 11.9. The van der Waals surface area contributed by atoms with Crippen molar-refractivity contribution in [3.05, 3.63) is 35.9 Å². The number of nitrogens with one attached hydrogen (secondary N) is 1. The molecule has 0 radical (unpaired) electrons. The maximum absolute atomic E-state index is 12.3. The van der Waals surface area contributed by atoms with Gasteiger partial charge in [-0.3, -0.25) is 0 Å². The number of alkyl halides is 3. The van der Waals surface area contributed by atoms with Gasteiger partial charge in [0.15, 0.2) is 0 Å². The fraction of sp³-hybridized carbons (Fsp3) is 0.467. The van der Waals surface area contributed by atoms with Crippen molar-refractivity contribution in [3.63, 3.8) is 0 Å². The Labute approximate surface area is 128 Å². The van der Waals surface area contributed by atoms with E-state index in [-0.39, 0.29) is 12.5 Å². The average molecular weight is 319 g/mol. The molecule has 6 heteroatoms. The van der Waals surface area contributed by atoms with Gasteiger partial charge in [-0.2, -0.15) is 25.8 Å². The highest BCUT2D eigenvalue weighted by Gasteiger charge is 2.28. The second-order valence-corrected chi connectivity index (χ2v) is 5.01. The zero-order chi connectivity index (χ0) is 15.9. The highest BCUT2D eigenvalue weighted by atomic mass is 32.1. The van der Waals surface area contributed by atoms with Gasteiger partial charge in [0.1, 0.15) is 5.75 Å². The number of hydrogen-bond donors (Lipinski definition) is 2. The van der Waals surface area contributed by atoms with Crippen molar-refractivity contribution >= 4 is 18.7 Å². The maximum Gasteiger partial charge on any atom is 0.389 e. The van der Waals surface area contributed by atoms with E-state index in [1.807, 2.05) is 12.1 Å². The van der Waals surface area contributed by atoms with Crippen LogP contribution in [0.25, 0.3) is 6.08 Å². The lowest BCUT2D eigenvalue weighted by Crippen LogP contribution is -2.31. The molecule has 0 aliphatic heterocycles. The summed E-state index contributed by atoms with van der Waals surface area (Å²) in [5, 5.41) is 2.98. The number of hydrogen-bond acceptors (Lipinski definition) is 3. The van der Waals surface area contributed by atoms with Crippen molar-refractivity contribution in [2.24, 2.45) is 0 Å². The zero-order valence-corrected chi connectivity index (χ0v) is 12.8. The van der Waals surface area contributed by atoms with Gasteiger partial charge in [0.05, 0.1) is 7.11 Å². The van der Waals surface area contributed by atoms with Crippen molar-refractivity contribution in [3.8, 4) is 5.75 Å². The quantitative estimate of drug-likeness (QED) is 0.557. The predicted molar refractivity (Wildman–Crippen MR) is 82.9 cm³/mol. The lowest BCUT2D eigenvalue weighted by atomic mass is 9.99. The van der Waals surface area contributed by atoms with Crippen LogP contribution in [-0.2, 0) is 6.42 Å². The molecule has 1 rings (SSSR count). The summed E-state index contributed by atoms with van der Waals surface area (Å²) in [5.41, 5.74) is 1.77. The van der Waals surface area contributed by atoms with Crippen LogP contribution in [0, 0.1) is 0 Å². The van der Waals surface area contributed by atoms with Gasteiger partial charge in [0.2, 0.25) is 0 Å². The van der Waals surface area contributed by atoms with E-state index in [1.165, 1.54) is 0 Å². The van der Waals surface area contributed by atoms with Crippen molar-refractivity contribution in [2.45, 2.75) is 31.5 Å². The summed E-state index contributed by atoms with van der Waals surface area (Å²) >= 11 is 4.03. The lowest BCUT2D eigenvalue weighted by Gasteiger charge is -2.19. The molecular weight excluding hydrogens is 299 g/mol. The summed E-state index contributed by atoms with van der Waals surface area (Å²) in [6.45, 7) is 3.71. The summed E-state index contributed by atoms with van der Waals surface area (Å²) in [4.78, 5) is 0. The van der Waals surface area contributed by atoms with E-state index in [1.54, 1.807) is 19.3 Å². The Kier molecular flexibility index (Phi) is 7.11. The van der Waals surface area contributed by atoms with Crippen LogP contribution < -0.4 is 10.1 Å². The number of thiol groups is 1. The van der Waals surface area contributed by atoms with Gasteiger partial charge in [-0.15, -0.1) is 0 Å². The third kappa shape index (κ3) is 6.44. The van der Waals surface area contributed by atoms with Crippen LogP contribution in [0.2, 0.25) is 0 Å². The van der Waals surface area contributed by atoms with E-state index in [0.717, 1.165) is 11.1 Å². The van der Waals surface area contributed by atoms with Gasteiger partial charge in [-0.1, -0.05) is 18.7 Å². The van der Waals surface area contributed by atoms with E-state index < -0.39 is 12.6 Å². The molecule has 0 amide bonds. The molecule has 0 aliphatic carbocycles. The first-order valence-electron chi connectivity index (χ1n) is 6.60. The molecule has 0 saturated heterocycles. The Morgan fingerprint density at radius 3 is 2.67 bits per heavy atom. The van der Waals surface area contributed by atoms with Crippen molar-refractivity contribution in [1.29, 1.82) is 0 Å². The molecule has 0 aliphatic rings. The summed E-state index contributed by atoms with van der Waals surface area (Å²) in [5.74, 6) is 1.04. The molecule has 0 bridgehead atoms. The van der Waals surface area contributed by atoms with E-state index in [9.17, 15) is 13.2 Å². The van der Waals surface area contributed by atoms with Crippen molar-refractivity contribution in [2.75, 3.05) is 13.0 Å². The number of ether oxygens (including phenoxy) is 1. The molecule has 0 heterocycles. The van der Waals surface area contributed by atoms with Crippen LogP contribution >= 0.6 is 12.6 Å². The minimum atomic E-state index is -4.14. The number of halogens is 3.